The molecule has 6 amide bonds. The average molecular weight is 531 g/mol. The topological polar surface area (TPSA) is 186 Å². The molecule has 2 unspecified atom stereocenters. The number of aliphatic carboxylic acids is 1. The van der Waals surface area contributed by atoms with Gasteiger partial charge in [-0.05, 0) is 43.5 Å². The summed E-state index contributed by atoms with van der Waals surface area (Å²) in [7, 11) is 0. The summed E-state index contributed by atoms with van der Waals surface area (Å²) in [6.45, 7) is 1.91. The van der Waals surface area contributed by atoms with Crippen molar-refractivity contribution < 1.29 is 38.7 Å². The third-order valence-corrected chi connectivity index (χ3v) is 6.00. The normalized spacial score (nSPS) is 18.1. The molecule has 2 fully saturated rings. The second-order valence-electron chi connectivity index (χ2n) is 8.87. The van der Waals surface area contributed by atoms with Crippen molar-refractivity contribution in [2.24, 2.45) is 0 Å². The van der Waals surface area contributed by atoms with E-state index in [0.29, 0.717) is 24.9 Å². The molecule has 0 aromatic heterocycles. The number of hydrazine groups is 2. The van der Waals surface area contributed by atoms with Crippen LogP contribution >= 0.6 is 0 Å². The summed E-state index contributed by atoms with van der Waals surface area (Å²) in [5.74, 6) is -3.32. The number of nitrogens with one attached hydrogen (secondary N) is 3. The number of hydrogen-bond donors (Lipinski definition) is 4. The van der Waals surface area contributed by atoms with Crippen LogP contribution < -0.4 is 16.1 Å². The molecule has 1 aromatic rings. The van der Waals surface area contributed by atoms with E-state index in [1.54, 1.807) is 12.1 Å². The van der Waals surface area contributed by atoms with Crippen molar-refractivity contribution >= 4 is 47.6 Å². The number of carboxylic acid groups (broad SMARTS) is 1. The van der Waals surface area contributed by atoms with Crippen LogP contribution in [0.1, 0.15) is 55.8 Å². The number of amides is 6. The van der Waals surface area contributed by atoms with Gasteiger partial charge in [0.15, 0.2) is 0 Å². The number of nitrogens with zero attached hydrogens (tertiary/aromatic N) is 3. The molecule has 2 atom stereocenters. The van der Waals surface area contributed by atoms with Crippen molar-refractivity contribution in [3.8, 4) is 0 Å². The molecule has 204 valence electrons. The van der Waals surface area contributed by atoms with Crippen molar-refractivity contribution in [3.63, 3.8) is 0 Å². The van der Waals surface area contributed by atoms with Gasteiger partial charge >= 0.3 is 12.0 Å². The summed E-state index contributed by atoms with van der Waals surface area (Å²) < 4.78 is 0. The molecular weight excluding hydrogens is 500 g/mol. The van der Waals surface area contributed by atoms with Crippen LogP contribution in [0.5, 0.6) is 0 Å². The van der Waals surface area contributed by atoms with Gasteiger partial charge in [-0.1, -0.05) is 6.92 Å². The summed E-state index contributed by atoms with van der Waals surface area (Å²) in [5, 5.41) is 17.0. The molecule has 2 heterocycles. The van der Waals surface area contributed by atoms with Crippen LogP contribution in [0.4, 0.5) is 10.5 Å². The van der Waals surface area contributed by atoms with E-state index in [4.69, 9.17) is 5.11 Å². The van der Waals surface area contributed by atoms with Gasteiger partial charge in [-0.25, -0.2) is 19.8 Å². The molecule has 38 heavy (non-hydrogen) atoms. The van der Waals surface area contributed by atoms with Crippen LogP contribution in [0.2, 0.25) is 0 Å². The van der Waals surface area contributed by atoms with E-state index in [2.05, 4.69) is 16.1 Å². The average Bonchev–Trinajstić information content (AvgIpc) is 3.00. The first-order valence-corrected chi connectivity index (χ1v) is 12.2. The molecular formula is C24H30N6O8. The lowest BCUT2D eigenvalue weighted by Crippen LogP contribution is -2.64. The Labute approximate surface area is 218 Å². The van der Waals surface area contributed by atoms with Crippen LogP contribution in [-0.2, 0) is 24.0 Å². The summed E-state index contributed by atoms with van der Waals surface area (Å²) in [6, 6.07) is 2.70. The van der Waals surface area contributed by atoms with E-state index < -0.39 is 48.2 Å². The maximum absolute atomic E-state index is 13.4. The number of rotatable bonds is 10. The number of aldehydes is 1. The smallest absolute Gasteiger partial charge is 0.358 e. The third kappa shape index (κ3) is 6.83. The fraction of sp³-hybridized carbons (Fsp3) is 0.458. The molecule has 0 saturated carbocycles. The van der Waals surface area contributed by atoms with E-state index in [1.165, 1.54) is 12.1 Å². The minimum absolute atomic E-state index is 0.116. The van der Waals surface area contributed by atoms with Gasteiger partial charge < -0.3 is 20.5 Å². The zero-order valence-electron chi connectivity index (χ0n) is 20.8. The number of carboxylic acids is 1. The van der Waals surface area contributed by atoms with Gasteiger partial charge in [0.05, 0.1) is 19.0 Å². The number of carbonyl (C=O) groups is 7. The lowest BCUT2D eigenvalue weighted by molar-refractivity contribution is -0.155. The van der Waals surface area contributed by atoms with Gasteiger partial charge in [-0.3, -0.25) is 29.4 Å². The van der Waals surface area contributed by atoms with E-state index >= 15 is 0 Å². The van der Waals surface area contributed by atoms with Gasteiger partial charge in [-0.2, -0.15) is 0 Å². The molecule has 0 spiro atoms. The quantitative estimate of drug-likeness (QED) is 0.310. The molecule has 14 nitrogen and oxygen atoms in total. The highest BCUT2D eigenvalue weighted by Crippen LogP contribution is 2.24. The third-order valence-electron chi connectivity index (χ3n) is 6.00. The summed E-state index contributed by atoms with van der Waals surface area (Å²) in [4.78, 5) is 85.9. The monoisotopic (exact) mass is 530 g/mol. The Kier molecular flexibility index (Phi) is 9.35. The maximum Gasteiger partial charge on any atom is 0.358 e. The summed E-state index contributed by atoms with van der Waals surface area (Å²) >= 11 is 0. The second-order valence-corrected chi connectivity index (χ2v) is 8.87. The fourth-order valence-corrected chi connectivity index (χ4v) is 4.16. The largest absolute Gasteiger partial charge is 0.481 e. The Hall–Kier alpha value is -4.49. The van der Waals surface area contributed by atoms with Crippen molar-refractivity contribution in [2.75, 3.05) is 18.4 Å². The fourth-order valence-electron chi connectivity index (χ4n) is 4.16. The molecule has 14 heteroatoms. The van der Waals surface area contributed by atoms with E-state index in [-0.39, 0.29) is 43.7 Å². The highest BCUT2D eigenvalue weighted by molar-refractivity contribution is 5.98. The Balaban J connectivity index is 1.74. The number of anilines is 1. The van der Waals surface area contributed by atoms with Crippen LogP contribution in [0.15, 0.2) is 24.3 Å². The first-order chi connectivity index (χ1) is 18.1. The van der Waals surface area contributed by atoms with E-state index in [1.807, 2.05) is 6.92 Å². The molecule has 0 aliphatic carbocycles. The van der Waals surface area contributed by atoms with Gasteiger partial charge in [0.2, 0.25) is 17.7 Å². The van der Waals surface area contributed by atoms with E-state index in [9.17, 15) is 33.6 Å². The summed E-state index contributed by atoms with van der Waals surface area (Å²) in [5.41, 5.74) is 3.16. The van der Waals surface area contributed by atoms with Crippen molar-refractivity contribution in [3.05, 3.63) is 29.8 Å². The molecule has 0 radical (unpaired) electrons. The minimum atomic E-state index is -1.31. The number of urea groups is 1. The number of hydrogen-bond acceptors (Lipinski definition) is 7. The molecule has 1 aromatic carbocycles. The minimum Gasteiger partial charge on any atom is -0.481 e. The van der Waals surface area contributed by atoms with Crippen LogP contribution in [0.3, 0.4) is 0 Å². The van der Waals surface area contributed by atoms with Gasteiger partial charge in [0, 0.05) is 30.6 Å². The lowest BCUT2D eigenvalue weighted by Gasteiger charge is -2.42. The lowest BCUT2D eigenvalue weighted by atomic mass is 10.1. The molecule has 2 aliphatic rings. The zero-order valence-corrected chi connectivity index (χ0v) is 20.8. The zero-order chi connectivity index (χ0) is 27.8. The highest BCUT2D eigenvalue weighted by atomic mass is 16.4. The standard InChI is InChI=1S/C24H30N6O8/c1-2-4-19(32)25-16-8-6-15(7-9-16)22(36)27-28-12-10-20(33)29-11-3-5-18(30(29)24(28)38)23(37)26-17(14-31)13-21(34)35/h6-9,14,17-18H,2-5,10-13H2,1H3,(H,25,32)(H,26,37)(H,27,36)(H,34,35). The Bertz CT molecular complexity index is 1110. The van der Waals surface area contributed by atoms with Crippen molar-refractivity contribution in [1.29, 1.82) is 0 Å². The Morgan fingerprint density at radius 1 is 1.13 bits per heavy atom. The van der Waals surface area contributed by atoms with Crippen molar-refractivity contribution in [1.82, 2.24) is 25.8 Å². The summed E-state index contributed by atoms with van der Waals surface area (Å²) in [6.07, 6.45) is 1.14. The van der Waals surface area contributed by atoms with Crippen LogP contribution in [0.25, 0.3) is 0 Å². The molecule has 0 bridgehead atoms. The second kappa shape index (κ2) is 12.7. The van der Waals surface area contributed by atoms with Gasteiger partial charge in [-0.15, -0.1) is 0 Å². The molecule has 2 aliphatic heterocycles. The first-order valence-electron chi connectivity index (χ1n) is 12.2. The number of fused-ring (bicyclic) bond motifs is 1. The molecule has 2 saturated heterocycles. The van der Waals surface area contributed by atoms with Crippen molar-refractivity contribution in [2.45, 2.75) is 57.5 Å². The highest BCUT2D eigenvalue weighted by Gasteiger charge is 2.44. The van der Waals surface area contributed by atoms with Gasteiger partial charge in [0.1, 0.15) is 12.3 Å². The predicted octanol–water partition coefficient (Wildman–Crippen LogP) is 0.262. The van der Waals surface area contributed by atoms with E-state index in [0.717, 1.165) is 15.0 Å². The van der Waals surface area contributed by atoms with Crippen LogP contribution in [0, 0.1) is 0 Å². The molecule has 4 N–H and O–H groups in total. The van der Waals surface area contributed by atoms with Crippen LogP contribution in [-0.4, -0.2) is 87.2 Å². The Morgan fingerprint density at radius 3 is 2.47 bits per heavy atom. The Morgan fingerprint density at radius 2 is 1.84 bits per heavy atom. The number of carbonyl (C=O) groups excluding carboxylic acids is 6. The van der Waals surface area contributed by atoms with Gasteiger partial charge in [0.25, 0.3) is 5.91 Å². The molecule has 3 rings (SSSR count). The first kappa shape index (κ1) is 28.1. The predicted molar refractivity (Wildman–Crippen MR) is 131 cm³/mol. The SMILES string of the molecule is CCCC(=O)Nc1ccc(C(=O)NN2CCC(=O)N3CCCC(C(=O)NC(C=O)CC(=O)O)N3C2=O)cc1. The number of benzene rings is 1. The maximum atomic E-state index is 13.4.